The number of hydrogen-bond acceptors (Lipinski definition) is 3. The lowest BCUT2D eigenvalue weighted by Crippen LogP contribution is -2.23. The molecule has 4 heteroatoms. The largest absolute Gasteiger partial charge is 0.393 e. The predicted molar refractivity (Wildman–Crippen MR) is 94.4 cm³/mol. The predicted octanol–water partition coefficient (Wildman–Crippen LogP) is 3.04. The third-order valence-corrected chi connectivity index (χ3v) is 4.39. The SMILES string of the molecule is Cc1nn(Cc2ccccc2)c(C)c1CNCCC(O)C(C)C. The van der Waals surface area contributed by atoms with E-state index in [0.717, 1.165) is 31.7 Å². The highest BCUT2D eigenvalue weighted by molar-refractivity contribution is 5.25. The van der Waals surface area contributed by atoms with Crippen molar-refractivity contribution in [3.8, 4) is 0 Å². The molecule has 1 heterocycles. The van der Waals surface area contributed by atoms with Crippen molar-refractivity contribution in [3.05, 3.63) is 52.8 Å². The lowest BCUT2D eigenvalue weighted by molar-refractivity contribution is 0.116. The number of aliphatic hydroxyl groups is 1. The van der Waals surface area contributed by atoms with Gasteiger partial charge in [-0.2, -0.15) is 5.10 Å². The van der Waals surface area contributed by atoms with Gasteiger partial charge < -0.3 is 10.4 Å². The van der Waals surface area contributed by atoms with Crippen LogP contribution in [0.15, 0.2) is 30.3 Å². The van der Waals surface area contributed by atoms with Crippen LogP contribution in [-0.4, -0.2) is 27.5 Å². The fourth-order valence-corrected chi connectivity index (χ4v) is 2.70. The van der Waals surface area contributed by atoms with Crippen molar-refractivity contribution in [1.29, 1.82) is 0 Å². The molecule has 23 heavy (non-hydrogen) atoms. The Morgan fingerprint density at radius 3 is 2.52 bits per heavy atom. The Bertz CT molecular complexity index is 605. The van der Waals surface area contributed by atoms with E-state index in [9.17, 15) is 5.11 Å². The molecule has 0 saturated carbocycles. The summed E-state index contributed by atoms with van der Waals surface area (Å²) in [5.41, 5.74) is 4.82. The summed E-state index contributed by atoms with van der Waals surface area (Å²) in [5, 5.41) is 18.0. The maximum Gasteiger partial charge on any atom is 0.0662 e. The van der Waals surface area contributed by atoms with Crippen molar-refractivity contribution < 1.29 is 5.11 Å². The topological polar surface area (TPSA) is 50.1 Å². The van der Waals surface area contributed by atoms with Crippen LogP contribution in [0.5, 0.6) is 0 Å². The maximum absolute atomic E-state index is 9.84. The fraction of sp³-hybridized carbons (Fsp3) is 0.526. The number of hydrogen-bond donors (Lipinski definition) is 2. The first-order valence-electron chi connectivity index (χ1n) is 8.44. The second kappa shape index (κ2) is 8.27. The molecule has 0 saturated heterocycles. The second-order valence-electron chi connectivity index (χ2n) is 6.57. The quantitative estimate of drug-likeness (QED) is 0.736. The van der Waals surface area contributed by atoms with Crippen molar-refractivity contribution in [3.63, 3.8) is 0 Å². The summed E-state index contributed by atoms with van der Waals surface area (Å²) in [6.45, 7) is 10.7. The molecule has 0 spiro atoms. The Balaban J connectivity index is 1.93. The number of aliphatic hydroxyl groups excluding tert-OH is 1. The average molecular weight is 315 g/mol. The number of aryl methyl sites for hydroxylation is 1. The Labute approximate surface area is 139 Å². The van der Waals surface area contributed by atoms with Gasteiger partial charge in [0.05, 0.1) is 18.3 Å². The van der Waals surface area contributed by atoms with E-state index in [-0.39, 0.29) is 6.10 Å². The molecule has 126 valence electrons. The zero-order valence-electron chi connectivity index (χ0n) is 14.7. The summed E-state index contributed by atoms with van der Waals surface area (Å²) in [5.74, 6) is 0.314. The molecule has 2 aromatic rings. The number of aromatic nitrogens is 2. The van der Waals surface area contributed by atoms with Crippen LogP contribution in [-0.2, 0) is 13.1 Å². The molecule has 0 bridgehead atoms. The summed E-state index contributed by atoms with van der Waals surface area (Å²) in [6.07, 6.45) is 0.555. The van der Waals surface area contributed by atoms with Crippen molar-refractivity contribution in [2.24, 2.45) is 5.92 Å². The Morgan fingerprint density at radius 2 is 1.87 bits per heavy atom. The van der Waals surface area contributed by atoms with E-state index in [0.29, 0.717) is 5.92 Å². The number of benzene rings is 1. The standard InChI is InChI=1S/C19H29N3O/c1-14(2)19(23)10-11-20-12-18-15(3)21-22(16(18)4)13-17-8-6-5-7-9-17/h5-9,14,19-20,23H,10-13H2,1-4H3. The average Bonchev–Trinajstić information content (AvgIpc) is 2.79. The van der Waals surface area contributed by atoms with Crippen molar-refractivity contribution in [2.75, 3.05) is 6.54 Å². The van der Waals surface area contributed by atoms with Gasteiger partial charge in [0.1, 0.15) is 0 Å². The van der Waals surface area contributed by atoms with Crippen LogP contribution in [0, 0.1) is 19.8 Å². The lowest BCUT2D eigenvalue weighted by Gasteiger charge is -2.14. The van der Waals surface area contributed by atoms with E-state index in [1.54, 1.807) is 0 Å². The highest BCUT2D eigenvalue weighted by Gasteiger charge is 2.12. The van der Waals surface area contributed by atoms with Crippen LogP contribution in [0.1, 0.15) is 42.8 Å². The van der Waals surface area contributed by atoms with Gasteiger partial charge in [0.25, 0.3) is 0 Å². The van der Waals surface area contributed by atoms with E-state index in [1.807, 2.05) is 19.9 Å². The molecule has 0 aliphatic carbocycles. The monoisotopic (exact) mass is 315 g/mol. The van der Waals surface area contributed by atoms with E-state index in [2.05, 4.69) is 53.2 Å². The Kier molecular flexibility index (Phi) is 6.37. The van der Waals surface area contributed by atoms with Gasteiger partial charge >= 0.3 is 0 Å². The van der Waals surface area contributed by atoms with Crippen LogP contribution in [0.4, 0.5) is 0 Å². The molecule has 0 aliphatic heterocycles. The van der Waals surface area contributed by atoms with Gasteiger partial charge in [-0.3, -0.25) is 4.68 Å². The normalized spacial score (nSPS) is 12.8. The summed E-state index contributed by atoms with van der Waals surface area (Å²) < 4.78 is 2.07. The molecule has 0 amide bonds. The smallest absolute Gasteiger partial charge is 0.0662 e. The molecule has 1 unspecified atom stereocenters. The number of nitrogens with zero attached hydrogens (tertiary/aromatic N) is 2. The van der Waals surface area contributed by atoms with E-state index < -0.39 is 0 Å². The molecule has 1 aromatic heterocycles. The van der Waals surface area contributed by atoms with Gasteiger partial charge in [0.2, 0.25) is 0 Å². The molecule has 2 rings (SSSR count). The minimum absolute atomic E-state index is 0.231. The van der Waals surface area contributed by atoms with E-state index in [1.165, 1.54) is 16.8 Å². The van der Waals surface area contributed by atoms with Gasteiger partial charge in [-0.1, -0.05) is 44.2 Å². The summed E-state index contributed by atoms with van der Waals surface area (Å²) >= 11 is 0. The number of nitrogens with one attached hydrogen (secondary N) is 1. The van der Waals surface area contributed by atoms with Crippen LogP contribution in [0.2, 0.25) is 0 Å². The van der Waals surface area contributed by atoms with Crippen molar-refractivity contribution in [2.45, 2.75) is 53.3 Å². The van der Waals surface area contributed by atoms with Gasteiger partial charge in [0.15, 0.2) is 0 Å². The zero-order valence-corrected chi connectivity index (χ0v) is 14.7. The third-order valence-electron chi connectivity index (χ3n) is 4.39. The maximum atomic E-state index is 9.84. The van der Waals surface area contributed by atoms with E-state index >= 15 is 0 Å². The van der Waals surface area contributed by atoms with E-state index in [4.69, 9.17) is 0 Å². The Hall–Kier alpha value is -1.65. The first kappa shape index (κ1) is 17.7. The molecular weight excluding hydrogens is 286 g/mol. The summed E-state index contributed by atoms with van der Waals surface area (Å²) in [7, 11) is 0. The van der Waals surface area contributed by atoms with Gasteiger partial charge in [-0.05, 0) is 38.3 Å². The van der Waals surface area contributed by atoms with Crippen molar-refractivity contribution in [1.82, 2.24) is 15.1 Å². The van der Waals surface area contributed by atoms with Crippen LogP contribution in [0.25, 0.3) is 0 Å². The molecule has 4 nitrogen and oxygen atoms in total. The molecular formula is C19H29N3O. The molecule has 2 N–H and O–H groups in total. The fourth-order valence-electron chi connectivity index (χ4n) is 2.70. The molecule has 0 radical (unpaired) electrons. The molecule has 0 aliphatic rings. The van der Waals surface area contributed by atoms with Gasteiger partial charge in [-0.25, -0.2) is 0 Å². The summed E-state index contributed by atoms with van der Waals surface area (Å²) in [4.78, 5) is 0. The first-order valence-corrected chi connectivity index (χ1v) is 8.44. The highest BCUT2D eigenvalue weighted by atomic mass is 16.3. The van der Waals surface area contributed by atoms with Crippen molar-refractivity contribution >= 4 is 0 Å². The van der Waals surface area contributed by atoms with Gasteiger partial charge in [-0.15, -0.1) is 0 Å². The zero-order chi connectivity index (χ0) is 16.8. The van der Waals surface area contributed by atoms with Crippen LogP contribution in [0.3, 0.4) is 0 Å². The Morgan fingerprint density at radius 1 is 1.17 bits per heavy atom. The second-order valence-corrected chi connectivity index (χ2v) is 6.57. The molecule has 1 atom stereocenters. The lowest BCUT2D eigenvalue weighted by atomic mass is 10.0. The molecule has 1 aromatic carbocycles. The third kappa shape index (κ3) is 4.91. The highest BCUT2D eigenvalue weighted by Crippen LogP contribution is 2.15. The molecule has 0 fully saturated rings. The minimum atomic E-state index is -0.231. The summed E-state index contributed by atoms with van der Waals surface area (Å²) in [6, 6.07) is 10.4. The first-order chi connectivity index (χ1) is 11.0. The van der Waals surface area contributed by atoms with Crippen LogP contribution >= 0.6 is 0 Å². The van der Waals surface area contributed by atoms with Gasteiger partial charge in [0, 0.05) is 17.8 Å². The number of rotatable bonds is 8. The minimum Gasteiger partial charge on any atom is -0.393 e. The van der Waals surface area contributed by atoms with Crippen LogP contribution < -0.4 is 5.32 Å².